The molecule has 0 fully saturated rings. The fraction of sp³-hybridized carbons (Fsp3) is 0.182. The van der Waals surface area contributed by atoms with Crippen molar-refractivity contribution in [3.05, 3.63) is 66.6 Å². The first-order chi connectivity index (χ1) is 14.1. The average molecular weight is 404 g/mol. The molecular formula is C22H21N5OS. The number of hydrogen-bond donors (Lipinski definition) is 0. The molecule has 0 N–H and O–H groups in total. The van der Waals surface area contributed by atoms with Crippen LogP contribution in [0.25, 0.3) is 28.0 Å². The first-order valence-electron chi connectivity index (χ1n) is 9.20. The molecule has 0 unspecified atom stereocenters. The van der Waals surface area contributed by atoms with Gasteiger partial charge in [0.15, 0.2) is 5.16 Å². The largest absolute Gasteiger partial charge is 0.348 e. The Balaban J connectivity index is 1.88. The van der Waals surface area contributed by atoms with Crippen LogP contribution in [0.15, 0.2) is 66.1 Å². The lowest BCUT2D eigenvalue weighted by Gasteiger charge is -2.14. The summed E-state index contributed by atoms with van der Waals surface area (Å²) in [5.74, 6) is 1.46. The second-order valence-corrected chi connectivity index (χ2v) is 7.61. The Morgan fingerprint density at radius 2 is 1.86 bits per heavy atom. The Morgan fingerprint density at radius 3 is 2.62 bits per heavy atom. The highest BCUT2D eigenvalue weighted by molar-refractivity contribution is 7.98. The highest BCUT2D eigenvalue weighted by Crippen LogP contribution is 2.27. The zero-order chi connectivity index (χ0) is 20.4. The van der Waals surface area contributed by atoms with Gasteiger partial charge >= 0.3 is 0 Å². The fourth-order valence-corrected chi connectivity index (χ4v) is 3.52. The van der Waals surface area contributed by atoms with Crippen molar-refractivity contribution in [3.63, 3.8) is 0 Å². The number of imidazole rings is 1. The van der Waals surface area contributed by atoms with Crippen molar-refractivity contribution in [1.82, 2.24) is 24.4 Å². The van der Waals surface area contributed by atoms with Crippen molar-refractivity contribution in [2.24, 2.45) is 0 Å². The highest BCUT2D eigenvalue weighted by Gasteiger charge is 2.18. The summed E-state index contributed by atoms with van der Waals surface area (Å²) in [6.07, 6.45) is 5.67. The van der Waals surface area contributed by atoms with E-state index in [-0.39, 0.29) is 12.3 Å². The number of fused-ring (bicyclic) bond motifs is 1. The van der Waals surface area contributed by atoms with Crippen LogP contribution in [0.1, 0.15) is 5.69 Å². The summed E-state index contributed by atoms with van der Waals surface area (Å²) in [6.45, 7) is 0. The van der Waals surface area contributed by atoms with Crippen molar-refractivity contribution in [3.8, 4) is 17.2 Å². The average Bonchev–Trinajstić information content (AvgIpc) is 3.16. The molecule has 2 aromatic carbocycles. The normalized spacial score (nSPS) is 11.0. The maximum atomic E-state index is 12.4. The van der Waals surface area contributed by atoms with Gasteiger partial charge in [-0.3, -0.25) is 9.36 Å². The smallest absolute Gasteiger partial charge is 0.228 e. The third-order valence-electron chi connectivity index (χ3n) is 4.70. The van der Waals surface area contributed by atoms with Crippen LogP contribution < -0.4 is 0 Å². The zero-order valence-corrected chi connectivity index (χ0v) is 17.3. The second-order valence-electron chi connectivity index (χ2n) is 6.84. The zero-order valence-electron chi connectivity index (χ0n) is 16.5. The van der Waals surface area contributed by atoms with E-state index in [9.17, 15) is 4.79 Å². The predicted octanol–water partition coefficient (Wildman–Crippen LogP) is 3.84. The minimum Gasteiger partial charge on any atom is -0.348 e. The fourth-order valence-electron chi connectivity index (χ4n) is 3.17. The first kappa shape index (κ1) is 19.1. The van der Waals surface area contributed by atoms with Gasteiger partial charge in [0.25, 0.3) is 0 Å². The maximum Gasteiger partial charge on any atom is 0.228 e. The standard InChI is InChI=1S/C22H21N5OS/c1-26(2)20(28)13-18-14-24-21(27(18)19-10-11-23-22(25-19)29-3)17-9-8-15-6-4-5-7-16(15)12-17/h4-12,14H,13H2,1-3H3. The third-order valence-corrected chi connectivity index (χ3v) is 5.27. The van der Waals surface area contributed by atoms with E-state index in [1.165, 1.54) is 17.1 Å². The third kappa shape index (κ3) is 3.86. The van der Waals surface area contributed by atoms with E-state index in [1.54, 1.807) is 31.4 Å². The van der Waals surface area contributed by atoms with Crippen LogP contribution in [0.5, 0.6) is 0 Å². The summed E-state index contributed by atoms with van der Waals surface area (Å²) in [5.41, 5.74) is 1.76. The van der Waals surface area contributed by atoms with Crippen LogP contribution in [0.3, 0.4) is 0 Å². The van der Waals surface area contributed by atoms with E-state index in [0.717, 1.165) is 22.5 Å². The lowest BCUT2D eigenvalue weighted by Crippen LogP contribution is -2.24. The van der Waals surface area contributed by atoms with Crippen molar-refractivity contribution >= 4 is 28.4 Å². The van der Waals surface area contributed by atoms with Gasteiger partial charge in [0.1, 0.15) is 11.6 Å². The molecule has 146 valence electrons. The van der Waals surface area contributed by atoms with Gasteiger partial charge in [0.2, 0.25) is 5.91 Å². The van der Waals surface area contributed by atoms with Gasteiger partial charge in [0, 0.05) is 32.1 Å². The van der Waals surface area contributed by atoms with Gasteiger partial charge in [-0.15, -0.1) is 0 Å². The van der Waals surface area contributed by atoms with Gasteiger partial charge in [0.05, 0.1) is 12.1 Å². The Kier molecular flexibility index (Phi) is 5.31. The molecule has 7 heteroatoms. The van der Waals surface area contributed by atoms with Gasteiger partial charge in [-0.2, -0.15) is 0 Å². The van der Waals surface area contributed by atoms with Crippen molar-refractivity contribution in [2.45, 2.75) is 11.6 Å². The van der Waals surface area contributed by atoms with E-state index in [0.29, 0.717) is 11.0 Å². The number of aromatic nitrogens is 4. The molecule has 0 aliphatic heterocycles. The molecule has 4 rings (SSSR count). The Hall–Kier alpha value is -3.19. The molecule has 0 aliphatic rings. The van der Waals surface area contributed by atoms with Gasteiger partial charge in [-0.25, -0.2) is 15.0 Å². The molecule has 4 aromatic rings. The lowest BCUT2D eigenvalue weighted by molar-refractivity contribution is -0.128. The Morgan fingerprint density at radius 1 is 1.07 bits per heavy atom. The summed E-state index contributed by atoms with van der Waals surface area (Å²) in [4.78, 5) is 27.6. The molecule has 6 nitrogen and oxygen atoms in total. The van der Waals surface area contributed by atoms with E-state index in [1.807, 2.05) is 29.0 Å². The minimum absolute atomic E-state index is 0.00959. The Bertz CT molecular complexity index is 1180. The molecule has 0 bridgehead atoms. The van der Waals surface area contributed by atoms with E-state index in [2.05, 4.69) is 45.3 Å². The van der Waals surface area contributed by atoms with Crippen LogP contribution in [0.4, 0.5) is 0 Å². The quantitative estimate of drug-likeness (QED) is 0.374. The van der Waals surface area contributed by atoms with Crippen LogP contribution >= 0.6 is 11.8 Å². The van der Waals surface area contributed by atoms with Crippen molar-refractivity contribution in [2.75, 3.05) is 20.4 Å². The molecule has 0 atom stereocenters. The number of amides is 1. The van der Waals surface area contributed by atoms with Crippen LogP contribution in [0.2, 0.25) is 0 Å². The van der Waals surface area contributed by atoms with Gasteiger partial charge < -0.3 is 4.90 Å². The molecule has 29 heavy (non-hydrogen) atoms. The highest BCUT2D eigenvalue weighted by atomic mass is 32.2. The molecular weight excluding hydrogens is 382 g/mol. The van der Waals surface area contributed by atoms with Gasteiger partial charge in [-0.1, -0.05) is 48.2 Å². The Labute approximate surface area is 173 Å². The molecule has 0 saturated carbocycles. The monoisotopic (exact) mass is 403 g/mol. The molecule has 0 saturated heterocycles. The minimum atomic E-state index is 0.00959. The number of benzene rings is 2. The molecule has 0 radical (unpaired) electrons. The van der Waals surface area contributed by atoms with Crippen LogP contribution in [0, 0.1) is 0 Å². The van der Waals surface area contributed by atoms with Gasteiger partial charge in [-0.05, 0) is 29.2 Å². The number of nitrogens with zero attached hydrogens (tertiary/aromatic N) is 5. The molecule has 0 spiro atoms. The summed E-state index contributed by atoms with van der Waals surface area (Å²) in [6, 6.07) is 16.3. The number of likely N-dealkylation sites (N-methyl/N-ethyl adjacent to an activating group) is 1. The van der Waals surface area contributed by atoms with Crippen LogP contribution in [-0.4, -0.2) is 50.7 Å². The van der Waals surface area contributed by atoms with Crippen molar-refractivity contribution < 1.29 is 4.79 Å². The first-order valence-corrected chi connectivity index (χ1v) is 10.4. The number of carbonyl (C=O) groups excluding carboxylic acids is 1. The number of rotatable bonds is 5. The maximum absolute atomic E-state index is 12.4. The summed E-state index contributed by atoms with van der Waals surface area (Å²) < 4.78 is 1.95. The van der Waals surface area contributed by atoms with Crippen molar-refractivity contribution in [1.29, 1.82) is 0 Å². The second kappa shape index (κ2) is 8.05. The predicted molar refractivity (Wildman–Crippen MR) is 116 cm³/mol. The number of hydrogen-bond acceptors (Lipinski definition) is 5. The SMILES string of the molecule is CSc1nccc(-n2c(CC(=O)N(C)C)cnc2-c2ccc3ccccc3c2)n1. The summed E-state index contributed by atoms with van der Waals surface area (Å²) in [5, 5.41) is 2.98. The van der Waals surface area contributed by atoms with E-state index in [4.69, 9.17) is 0 Å². The number of thioether (sulfide) groups is 1. The van der Waals surface area contributed by atoms with Crippen LogP contribution in [-0.2, 0) is 11.2 Å². The summed E-state index contributed by atoms with van der Waals surface area (Å²) in [7, 11) is 3.51. The molecule has 2 aromatic heterocycles. The molecule has 1 amide bonds. The molecule has 0 aliphatic carbocycles. The number of carbonyl (C=O) groups is 1. The lowest BCUT2D eigenvalue weighted by atomic mass is 10.1. The topological polar surface area (TPSA) is 63.9 Å². The van der Waals surface area contributed by atoms with E-state index < -0.39 is 0 Å². The van der Waals surface area contributed by atoms with E-state index >= 15 is 0 Å². The summed E-state index contributed by atoms with van der Waals surface area (Å²) >= 11 is 1.48. The molecule has 2 heterocycles.